The number of fused-ring (bicyclic) bond motifs is 2. The second-order valence-electron chi connectivity index (χ2n) is 4.88. The first-order valence-electron chi connectivity index (χ1n) is 5.36. The first-order valence-corrected chi connectivity index (χ1v) is 5.36. The highest BCUT2D eigenvalue weighted by Gasteiger charge is 2.52. The minimum Gasteiger partial charge on any atom is -0.447 e. The molecule has 3 heterocycles. The third kappa shape index (κ3) is 1.00. The molecular formula is C10H16N2O2. The van der Waals surface area contributed by atoms with E-state index in [0.29, 0.717) is 18.7 Å². The molecule has 3 fully saturated rings. The zero-order valence-corrected chi connectivity index (χ0v) is 8.45. The number of cyclic esters (lactones) is 1. The number of likely N-dealkylation sites (N-methyl/N-ethyl adjacent to an activating group) is 1. The van der Waals surface area contributed by atoms with Gasteiger partial charge < -0.3 is 15.0 Å². The summed E-state index contributed by atoms with van der Waals surface area (Å²) in [6.45, 7) is 0.594. The summed E-state index contributed by atoms with van der Waals surface area (Å²) < 4.78 is 5.14. The molecule has 3 rings (SSSR count). The molecule has 3 aliphatic rings. The standard InChI is InChI=1S/C10H16N2O2/c1-12-9(13)14-6-10(12)4-7-2-3-8(5-10)11-7/h7-8,11H,2-6H2,1H3. The average molecular weight is 196 g/mol. The quantitative estimate of drug-likeness (QED) is 0.620. The lowest BCUT2D eigenvalue weighted by atomic mass is 9.84. The largest absolute Gasteiger partial charge is 0.447 e. The van der Waals surface area contributed by atoms with E-state index in [-0.39, 0.29) is 11.6 Å². The van der Waals surface area contributed by atoms with Crippen LogP contribution >= 0.6 is 0 Å². The number of carbonyl (C=O) groups excluding carboxylic acids is 1. The Bertz CT molecular complexity index is 267. The van der Waals surface area contributed by atoms with Crippen molar-refractivity contribution in [2.45, 2.75) is 43.3 Å². The summed E-state index contributed by atoms with van der Waals surface area (Å²) in [5, 5.41) is 3.58. The summed E-state index contributed by atoms with van der Waals surface area (Å²) in [6.07, 6.45) is 4.49. The number of piperidine rings is 1. The molecule has 2 unspecified atom stereocenters. The summed E-state index contributed by atoms with van der Waals surface area (Å²) >= 11 is 0. The van der Waals surface area contributed by atoms with Crippen LogP contribution in [0, 0.1) is 0 Å². The van der Waals surface area contributed by atoms with Crippen LogP contribution in [0.2, 0.25) is 0 Å². The highest BCUT2D eigenvalue weighted by atomic mass is 16.6. The van der Waals surface area contributed by atoms with E-state index in [1.165, 1.54) is 12.8 Å². The predicted molar refractivity (Wildman–Crippen MR) is 51.0 cm³/mol. The maximum atomic E-state index is 11.4. The van der Waals surface area contributed by atoms with Crippen molar-refractivity contribution in [2.75, 3.05) is 13.7 Å². The van der Waals surface area contributed by atoms with Gasteiger partial charge in [0.25, 0.3) is 0 Å². The molecule has 78 valence electrons. The number of nitrogens with zero attached hydrogens (tertiary/aromatic N) is 1. The van der Waals surface area contributed by atoms with Crippen LogP contribution in [0.25, 0.3) is 0 Å². The van der Waals surface area contributed by atoms with Crippen molar-refractivity contribution in [3.8, 4) is 0 Å². The Morgan fingerprint density at radius 1 is 1.43 bits per heavy atom. The van der Waals surface area contributed by atoms with Crippen LogP contribution in [0.3, 0.4) is 0 Å². The van der Waals surface area contributed by atoms with Gasteiger partial charge in [0.2, 0.25) is 0 Å². The molecule has 0 aromatic carbocycles. The molecule has 2 bridgehead atoms. The summed E-state index contributed by atoms with van der Waals surface area (Å²) in [5.41, 5.74) is 0.00810. The number of hydrogen-bond donors (Lipinski definition) is 1. The van der Waals surface area contributed by atoms with Gasteiger partial charge in [0.1, 0.15) is 6.61 Å². The number of rotatable bonds is 0. The number of hydrogen-bond acceptors (Lipinski definition) is 3. The van der Waals surface area contributed by atoms with Gasteiger partial charge in [-0.05, 0) is 25.7 Å². The maximum absolute atomic E-state index is 11.4. The smallest absolute Gasteiger partial charge is 0.410 e. The molecule has 3 aliphatic heterocycles. The second kappa shape index (κ2) is 2.63. The summed E-state index contributed by atoms with van der Waals surface area (Å²) in [7, 11) is 1.88. The van der Waals surface area contributed by atoms with Crippen molar-refractivity contribution in [3.63, 3.8) is 0 Å². The van der Waals surface area contributed by atoms with E-state index in [9.17, 15) is 4.79 Å². The Morgan fingerprint density at radius 2 is 2.07 bits per heavy atom. The van der Waals surface area contributed by atoms with Crippen LogP contribution < -0.4 is 5.32 Å². The topological polar surface area (TPSA) is 41.6 Å². The highest BCUT2D eigenvalue weighted by Crippen LogP contribution is 2.40. The van der Waals surface area contributed by atoms with Gasteiger partial charge in [0.05, 0.1) is 5.54 Å². The minimum atomic E-state index is -0.147. The Labute approximate surface area is 83.6 Å². The molecule has 0 aromatic heterocycles. The third-order valence-corrected chi connectivity index (χ3v) is 4.04. The van der Waals surface area contributed by atoms with E-state index in [4.69, 9.17) is 4.74 Å². The average Bonchev–Trinajstić information content (AvgIpc) is 2.64. The van der Waals surface area contributed by atoms with E-state index in [2.05, 4.69) is 5.32 Å². The van der Waals surface area contributed by atoms with Crippen LogP contribution in [0.4, 0.5) is 4.79 Å². The zero-order valence-electron chi connectivity index (χ0n) is 8.45. The highest BCUT2D eigenvalue weighted by molar-refractivity contribution is 5.70. The first-order chi connectivity index (χ1) is 6.70. The van der Waals surface area contributed by atoms with E-state index < -0.39 is 0 Å². The Morgan fingerprint density at radius 3 is 2.57 bits per heavy atom. The summed E-state index contributed by atoms with van der Waals surface area (Å²) in [6, 6.07) is 1.20. The van der Waals surface area contributed by atoms with Crippen molar-refractivity contribution in [1.29, 1.82) is 0 Å². The lowest BCUT2D eigenvalue weighted by Gasteiger charge is -2.40. The number of nitrogens with one attached hydrogen (secondary N) is 1. The van der Waals surface area contributed by atoms with Crippen LogP contribution in [0.15, 0.2) is 0 Å². The number of amides is 1. The minimum absolute atomic E-state index is 0.00810. The van der Waals surface area contributed by atoms with Crippen molar-refractivity contribution in [1.82, 2.24) is 10.2 Å². The van der Waals surface area contributed by atoms with E-state index >= 15 is 0 Å². The van der Waals surface area contributed by atoms with Gasteiger partial charge in [-0.15, -0.1) is 0 Å². The molecule has 14 heavy (non-hydrogen) atoms. The van der Waals surface area contributed by atoms with Gasteiger partial charge >= 0.3 is 6.09 Å². The molecule has 0 aromatic rings. The SMILES string of the molecule is CN1C(=O)OCC12CC1CCC(C2)N1. The van der Waals surface area contributed by atoms with Crippen LogP contribution in [-0.4, -0.2) is 42.3 Å². The summed E-state index contributed by atoms with van der Waals surface area (Å²) in [4.78, 5) is 13.2. The normalized spacial score (nSPS) is 46.1. The molecule has 4 nitrogen and oxygen atoms in total. The monoisotopic (exact) mass is 196 g/mol. The van der Waals surface area contributed by atoms with Crippen molar-refractivity contribution in [2.24, 2.45) is 0 Å². The van der Waals surface area contributed by atoms with E-state index in [1.807, 2.05) is 11.9 Å². The molecular weight excluding hydrogens is 180 g/mol. The lowest BCUT2D eigenvalue weighted by molar-refractivity contribution is 0.121. The molecule has 0 radical (unpaired) electrons. The van der Waals surface area contributed by atoms with Gasteiger partial charge in [-0.3, -0.25) is 0 Å². The van der Waals surface area contributed by atoms with E-state index in [0.717, 1.165) is 12.8 Å². The van der Waals surface area contributed by atoms with E-state index in [1.54, 1.807) is 0 Å². The molecule has 0 aliphatic carbocycles. The van der Waals surface area contributed by atoms with Gasteiger partial charge in [-0.1, -0.05) is 0 Å². The van der Waals surface area contributed by atoms with Crippen LogP contribution in [-0.2, 0) is 4.74 Å². The fourth-order valence-corrected chi connectivity index (χ4v) is 3.20. The van der Waals surface area contributed by atoms with Crippen molar-refractivity contribution in [3.05, 3.63) is 0 Å². The molecule has 2 atom stereocenters. The van der Waals surface area contributed by atoms with Gasteiger partial charge in [0, 0.05) is 19.1 Å². The summed E-state index contributed by atoms with van der Waals surface area (Å²) in [5.74, 6) is 0. The molecule has 4 heteroatoms. The van der Waals surface area contributed by atoms with Crippen LogP contribution in [0.1, 0.15) is 25.7 Å². The molecule has 1 N–H and O–H groups in total. The Kier molecular flexibility index (Phi) is 1.60. The Balaban J connectivity index is 1.87. The molecule has 1 spiro atoms. The molecule has 0 saturated carbocycles. The fourth-order valence-electron chi connectivity index (χ4n) is 3.20. The second-order valence-corrected chi connectivity index (χ2v) is 4.88. The van der Waals surface area contributed by atoms with Crippen molar-refractivity contribution >= 4 is 6.09 Å². The fraction of sp³-hybridized carbons (Fsp3) is 0.900. The van der Waals surface area contributed by atoms with Gasteiger partial charge in [-0.2, -0.15) is 0 Å². The molecule has 1 amide bonds. The van der Waals surface area contributed by atoms with Gasteiger partial charge in [0.15, 0.2) is 0 Å². The first kappa shape index (κ1) is 8.53. The molecule has 3 saturated heterocycles. The Hall–Kier alpha value is -0.770. The van der Waals surface area contributed by atoms with Crippen LogP contribution in [0.5, 0.6) is 0 Å². The third-order valence-electron chi connectivity index (χ3n) is 4.04. The maximum Gasteiger partial charge on any atom is 0.410 e. The van der Waals surface area contributed by atoms with Crippen molar-refractivity contribution < 1.29 is 9.53 Å². The van der Waals surface area contributed by atoms with Gasteiger partial charge in [-0.25, -0.2) is 4.79 Å². The number of ether oxygens (including phenoxy) is 1. The number of carbonyl (C=O) groups is 1. The lowest BCUT2D eigenvalue weighted by Crippen LogP contribution is -2.56. The predicted octanol–water partition coefficient (Wildman–Crippen LogP) is 0.722. The zero-order chi connectivity index (χ0) is 9.76.